The lowest BCUT2D eigenvalue weighted by atomic mass is 10.1. The smallest absolute Gasteiger partial charge is 0.0991 e. The predicted octanol–water partition coefficient (Wildman–Crippen LogP) is 3.37. The van der Waals surface area contributed by atoms with E-state index in [9.17, 15) is 0 Å². The van der Waals surface area contributed by atoms with Crippen LogP contribution in [0.2, 0.25) is 0 Å². The lowest BCUT2D eigenvalue weighted by Crippen LogP contribution is -1.80. The Balaban J connectivity index is 2.94. The normalized spacial score (nSPS) is 11.0. The van der Waals surface area contributed by atoms with Crippen LogP contribution < -0.4 is 0 Å². The highest BCUT2D eigenvalue weighted by Crippen LogP contribution is 2.14. The van der Waals surface area contributed by atoms with Crippen LogP contribution in [0.15, 0.2) is 30.3 Å². The Labute approximate surface area is 79.3 Å². The summed E-state index contributed by atoms with van der Waals surface area (Å²) in [6.45, 7) is 4.21. The number of allylic oxidation sites excluding steroid dienone is 2. The standard InChI is InChI=1S/C12H13N/c1-3-4-10(2)12-7-5-11(9-13)6-8-12/h4-8H,3H2,1-2H3. The molecule has 0 atom stereocenters. The summed E-state index contributed by atoms with van der Waals surface area (Å²) in [6.07, 6.45) is 3.23. The first kappa shape index (κ1) is 9.54. The van der Waals surface area contributed by atoms with Crippen molar-refractivity contribution < 1.29 is 0 Å². The van der Waals surface area contributed by atoms with Crippen molar-refractivity contribution in [2.45, 2.75) is 20.3 Å². The van der Waals surface area contributed by atoms with E-state index < -0.39 is 0 Å². The Bertz CT molecular complexity index is 338. The topological polar surface area (TPSA) is 23.8 Å². The highest BCUT2D eigenvalue weighted by molar-refractivity contribution is 5.64. The van der Waals surface area contributed by atoms with Gasteiger partial charge < -0.3 is 0 Å². The molecule has 0 amide bonds. The second kappa shape index (κ2) is 4.47. The summed E-state index contributed by atoms with van der Waals surface area (Å²) in [7, 11) is 0. The maximum Gasteiger partial charge on any atom is 0.0991 e. The molecule has 13 heavy (non-hydrogen) atoms. The quantitative estimate of drug-likeness (QED) is 0.669. The second-order valence-electron chi connectivity index (χ2n) is 2.98. The number of hydrogen-bond acceptors (Lipinski definition) is 1. The van der Waals surface area contributed by atoms with Gasteiger partial charge in [-0.3, -0.25) is 0 Å². The summed E-state index contributed by atoms with van der Waals surface area (Å²) in [6, 6.07) is 9.78. The molecule has 1 heteroatoms. The molecule has 0 aliphatic rings. The molecule has 0 aliphatic heterocycles. The third kappa shape index (κ3) is 2.45. The average molecular weight is 171 g/mol. The van der Waals surface area contributed by atoms with Gasteiger partial charge in [0.25, 0.3) is 0 Å². The van der Waals surface area contributed by atoms with Crippen molar-refractivity contribution in [3.05, 3.63) is 41.5 Å². The van der Waals surface area contributed by atoms with Crippen LogP contribution in [-0.2, 0) is 0 Å². The van der Waals surface area contributed by atoms with Crippen molar-refractivity contribution in [1.82, 2.24) is 0 Å². The number of nitriles is 1. The van der Waals surface area contributed by atoms with E-state index in [0.717, 1.165) is 6.42 Å². The summed E-state index contributed by atoms with van der Waals surface area (Å²) in [5.74, 6) is 0. The van der Waals surface area contributed by atoms with Gasteiger partial charge in [0.1, 0.15) is 0 Å². The molecular formula is C12H13N. The van der Waals surface area contributed by atoms with Gasteiger partial charge in [-0.1, -0.05) is 25.1 Å². The molecule has 0 spiro atoms. The molecule has 1 aromatic rings. The van der Waals surface area contributed by atoms with Gasteiger partial charge in [0.05, 0.1) is 11.6 Å². The van der Waals surface area contributed by atoms with E-state index in [1.165, 1.54) is 11.1 Å². The van der Waals surface area contributed by atoms with Crippen LogP contribution in [-0.4, -0.2) is 0 Å². The average Bonchev–Trinajstić information content (AvgIpc) is 2.18. The minimum atomic E-state index is 0.716. The number of nitrogens with zero attached hydrogens (tertiary/aromatic N) is 1. The molecule has 0 aliphatic carbocycles. The summed E-state index contributed by atoms with van der Waals surface area (Å²) in [5.41, 5.74) is 3.18. The SMILES string of the molecule is CCC=C(C)c1ccc(C#N)cc1. The van der Waals surface area contributed by atoms with Crippen LogP contribution in [0.4, 0.5) is 0 Å². The van der Waals surface area contributed by atoms with Gasteiger partial charge in [-0.15, -0.1) is 0 Å². The predicted molar refractivity (Wildman–Crippen MR) is 55.1 cm³/mol. The van der Waals surface area contributed by atoms with Crippen LogP contribution >= 0.6 is 0 Å². The summed E-state index contributed by atoms with van der Waals surface area (Å²) < 4.78 is 0. The zero-order valence-corrected chi connectivity index (χ0v) is 8.04. The van der Waals surface area contributed by atoms with Crippen LogP contribution in [0.1, 0.15) is 31.4 Å². The van der Waals surface area contributed by atoms with Gasteiger partial charge in [0, 0.05) is 0 Å². The van der Waals surface area contributed by atoms with Crippen molar-refractivity contribution in [3.63, 3.8) is 0 Å². The molecule has 1 nitrogen and oxygen atoms in total. The second-order valence-corrected chi connectivity index (χ2v) is 2.98. The maximum absolute atomic E-state index is 8.61. The molecule has 0 N–H and O–H groups in total. The van der Waals surface area contributed by atoms with Crippen molar-refractivity contribution in [2.24, 2.45) is 0 Å². The van der Waals surface area contributed by atoms with Crippen molar-refractivity contribution in [3.8, 4) is 6.07 Å². The van der Waals surface area contributed by atoms with Gasteiger partial charge in [-0.2, -0.15) is 5.26 Å². The first-order chi connectivity index (χ1) is 6.27. The van der Waals surface area contributed by atoms with E-state index in [1.807, 2.05) is 24.3 Å². The molecule has 0 unspecified atom stereocenters. The molecule has 0 saturated carbocycles. The van der Waals surface area contributed by atoms with E-state index in [-0.39, 0.29) is 0 Å². The summed E-state index contributed by atoms with van der Waals surface area (Å²) in [4.78, 5) is 0. The Morgan fingerprint density at radius 3 is 2.46 bits per heavy atom. The molecule has 1 rings (SSSR count). The Morgan fingerprint density at radius 2 is 2.00 bits per heavy atom. The fourth-order valence-corrected chi connectivity index (χ4v) is 1.23. The van der Waals surface area contributed by atoms with Crippen LogP contribution in [0.5, 0.6) is 0 Å². The monoisotopic (exact) mass is 171 g/mol. The molecule has 0 radical (unpaired) electrons. The number of rotatable bonds is 2. The van der Waals surface area contributed by atoms with Crippen LogP contribution in [0.3, 0.4) is 0 Å². The minimum Gasteiger partial charge on any atom is -0.192 e. The zero-order valence-electron chi connectivity index (χ0n) is 8.04. The van der Waals surface area contributed by atoms with Crippen molar-refractivity contribution >= 4 is 5.57 Å². The van der Waals surface area contributed by atoms with Gasteiger partial charge >= 0.3 is 0 Å². The highest BCUT2D eigenvalue weighted by atomic mass is 14.2. The fourth-order valence-electron chi connectivity index (χ4n) is 1.23. The Hall–Kier alpha value is -1.55. The van der Waals surface area contributed by atoms with E-state index in [2.05, 4.69) is 26.0 Å². The lowest BCUT2D eigenvalue weighted by molar-refractivity contribution is 1.22. The molecule has 0 fully saturated rings. The lowest BCUT2D eigenvalue weighted by Gasteiger charge is -2.00. The molecule has 1 aromatic carbocycles. The zero-order chi connectivity index (χ0) is 9.68. The summed E-state index contributed by atoms with van der Waals surface area (Å²) >= 11 is 0. The highest BCUT2D eigenvalue weighted by Gasteiger charge is 1.94. The Kier molecular flexibility index (Phi) is 3.28. The van der Waals surface area contributed by atoms with Gasteiger partial charge in [-0.05, 0) is 36.6 Å². The number of hydrogen-bond donors (Lipinski definition) is 0. The largest absolute Gasteiger partial charge is 0.192 e. The molecule has 0 saturated heterocycles. The minimum absolute atomic E-state index is 0.716. The van der Waals surface area contributed by atoms with Gasteiger partial charge in [0.2, 0.25) is 0 Å². The molecule has 0 aromatic heterocycles. The summed E-state index contributed by atoms with van der Waals surface area (Å²) in [5, 5.41) is 8.61. The van der Waals surface area contributed by atoms with E-state index in [4.69, 9.17) is 5.26 Å². The molecule has 66 valence electrons. The Morgan fingerprint density at radius 1 is 1.38 bits per heavy atom. The van der Waals surface area contributed by atoms with Gasteiger partial charge in [0.15, 0.2) is 0 Å². The first-order valence-electron chi connectivity index (χ1n) is 4.45. The van der Waals surface area contributed by atoms with Crippen LogP contribution in [0.25, 0.3) is 5.57 Å². The van der Waals surface area contributed by atoms with E-state index >= 15 is 0 Å². The third-order valence-corrected chi connectivity index (χ3v) is 1.98. The van der Waals surface area contributed by atoms with Crippen LogP contribution in [0, 0.1) is 11.3 Å². The fraction of sp³-hybridized carbons (Fsp3) is 0.250. The first-order valence-corrected chi connectivity index (χ1v) is 4.45. The number of benzene rings is 1. The van der Waals surface area contributed by atoms with Crippen molar-refractivity contribution in [2.75, 3.05) is 0 Å². The van der Waals surface area contributed by atoms with E-state index in [1.54, 1.807) is 0 Å². The maximum atomic E-state index is 8.61. The van der Waals surface area contributed by atoms with Gasteiger partial charge in [-0.25, -0.2) is 0 Å². The molecule has 0 bridgehead atoms. The third-order valence-electron chi connectivity index (χ3n) is 1.98. The van der Waals surface area contributed by atoms with E-state index in [0.29, 0.717) is 5.56 Å². The molecule has 0 heterocycles. The molecular weight excluding hydrogens is 158 g/mol. The van der Waals surface area contributed by atoms with Crippen molar-refractivity contribution in [1.29, 1.82) is 5.26 Å².